The lowest BCUT2D eigenvalue weighted by Gasteiger charge is -2.09. The minimum atomic E-state index is -0.334. The third kappa shape index (κ3) is 3.29. The highest BCUT2D eigenvalue weighted by atomic mass is 19.1. The Hall–Kier alpha value is -3.41. The third-order valence-electron chi connectivity index (χ3n) is 4.89. The summed E-state index contributed by atoms with van der Waals surface area (Å²) in [6.45, 7) is 4.61. The molecule has 0 atom stereocenters. The van der Waals surface area contributed by atoms with Gasteiger partial charge in [0, 0.05) is 23.8 Å². The molecule has 2 aromatic carbocycles. The van der Waals surface area contributed by atoms with Crippen molar-refractivity contribution in [1.82, 2.24) is 14.3 Å². The number of halogens is 1. The molecule has 142 valence electrons. The van der Waals surface area contributed by atoms with Crippen molar-refractivity contribution in [2.24, 2.45) is 7.05 Å². The number of rotatable bonds is 4. The van der Waals surface area contributed by atoms with Crippen LogP contribution in [0.15, 0.2) is 54.6 Å². The number of fused-ring (bicyclic) bond motifs is 1. The normalized spacial score (nSPS) is 11.1. The second kappa shape index (κ2) is 6.96. The molecule has 0 radical (unpaired) electrons. The maximum Gasteiger partial charge on any atom is 0.272 e. The van der Waals surface area contributed by atoms with Crippen molar-refractivity contribution in [3.05, 3.63) is 83.1 Å². The third-order valence-corrected chi connectivity index (χ3v) is 4.89. The van der Waals surface area contributed by atoms with Gasteiger partial charge in [0.05, 0.1) is 17.8 Å². The van der Waals surface area contributed by atoms with E-state index in [9.17, 15) is 9.18 Å². The van der Waals surface area contributed by atoms with Gasteiger partial charge in [-0.3, -0.25) is 9.48 Å². The maximum absolute atomic E-state index is 14.0. The van der Waals surface area contributed by atoms with Gasteiger partial charge in [0.2, 0.25) is 0 Å². The fourth-order valence-corrected chi connectivity index (χ4v) is 3.49. The second-order valence-corrected chi connectivity index (χ2v) is 7.00. The smallest absolute Gasteiger partial charge is 0.272 e. The highest BCUT2D eigenvalue weighted by molar-refractivity contribution is 6.06. The van der Waals surface area contributed by atoms with Crippen molar-refractivity contribution in [3.63, 3.8) is 0 Å². The molecule has 0 aliphatic heterocycles. The molecule has 0 fully saturated rings. The lowest BCUT2D eigenvalue weighted by atomic mass is 10.2. The van der Waals surface area contributed by atoms with Crippen LogP contribution in [0.2, 0.25) is 0 Å². The molecule has 4 aromatic rings. The van der Waals surface area contributed by atoms with Crippen molar-refractivity contribution in [1.29, 1.82) is 0 Å². The highest BCUT2D eigenvalue weighted by Crippen LogP contribution is 2.22. The molecule has 6 heteroatoms. The van der Waals surface area contributed by atoms with Crippen LogP contribution in [-0.4, -0.2) is 20.3 Å². The van der Waals surface area contributed by atoms with Crippen LogP contribution in [0.4, 0.5) is 10.1 Å². The molecule has 0 aliphatic rings. The van der Waals surface area contributed by atoms with Gasteiger partial charge in [0.15, 0.2) is 0 Å². The first-order chi connectivity index (χ1) is 13.4. The van der Waals surface area contributed by atoms with Crippen molar-refractivity contribution in [3.8, 4) is 0 Å². The SMILES string of the molecule is Cc1cc(C)n(Cc2cccc(NC(=O)c3cc4c(F)cccc4n3C)c2)n1. The fourth-order valence-electron chi connectivity index (χ4n) is 3.49. The van der Waals surface area contributed by atoms with E-state index >= 15 is 0 Å². The molecule has 4 rings (SSSR count). The Morgan fingerprint density at radius 3 is 2.61 bits per heavy atom. The number of nitrogens with zero attached hydrogens (tertiary/aromatic N) is 3. The van der Waals surface area contributed by atoms with Crippen LogP contribution in [0.5, 0.6) is 0 Å². The zero-order valence-corrected chi connectivity index (χ0v) is 16.0. The monoisotopic (exact) mass is 376 g/mol. The van der Waals surface area contributed by atoms with E-state index in [0.717, 1.165) is 17.0 Å². The van der Waals surface area contributed by atoms with Gasteiger partial charge in [0.1, 0.15) is 11.5 Å². The predicted molar refractivity (Wildman–Crippen MR) is 108 cm³/mol. The summed E-state index contributed by atoms with van der Waals surface area (Å²) >= 11 is 0. The average molecular weight is 376 g/mol. The molecule has 5 nitrogen and oxygen atoms in total. The van der Waals surface area contributed by atoms with E-state index in [-0.39, 0.29) is 11.7 Å². The fraction of sp³-hybridized carbons (Fsp3) is 0.182. The quantitative estimate of drug-likeness (QED) is 0.573. The van der Waals surface area contributed by atoms with Crippen LogP contribution in [0.25, 0.3) is 10.9 Å². The molecule has 0 aliphatic carbocycles. The first-order valence-corrected chi connectivity index (χ1v) is 9.07. The van der Waals surface area contributed by atoms with Gasteiger partial charge in [0.25, 0.3) is 5.91 Å². The van der Waals surface area contributed by atoms with Crippen LogP contribution in [0.1, 0.15) is 27.4 Å². The van der Waals surface area contributed by atoms with Gasteiger partial charge in [-0.2, -0.15) is 5.10 Å². The molecule has 0 bridgehead atoms. The topological polar surface area (TPSA) is 51.9 Å². The van der Waals surface area contributed by atoms with Crippen molar-refractivity contribution in [2.45, 2.75) is 20.4 Å². The minimum absolute atomic E-state index is 0.277. The Morgan fingerprint density at radius 2 is 1.89 bits per heavy atom. The first kappa shape index (κ1) is 18.0. The summed E-state index contributed by atoms with van der Waals surface area (Å²) in [6, 6.07) is 16.1. The number of carbonyl (C=O) groups excluding carboxylic acids is 1. The largest absolute Gasteiger partial charge is 0.340 e. The van der Waals surface area contributed by atoms with Gasteiger partial charge in [-0.25, -0.2) is 4.39 Å². The Balaban J connectivity index is 1.58. The Morgan fingerprint density at radius 1 is 1.11 bits per heavy atom. The molecular formula is C22H21FN4O. The number of benzene rings is 2. The number of anilines is 1. The summed E-state index contributed by atoms with van der Waals surface area (Å²) < 4.78 is 17.6. The maximum atomic E-state index is 14.0. The van der Waals surface area contributed by atoms with Crippen LogP contribution < -0.4 is 5.32 Å². The van der Waals surface area contributed by atoms with E-state index in [4.69, 9.17) is 0 Å². The Bertz CT molecular complexity index is 1190. The summed E-state index contributed by atoms with van der Waals surface area (Å²) in [4.78, 5) is 12.8. The zero-order valence-electron chi connectivity index (χ0n) is 16.0. The van der Waals surface area contributed by atoms with E-state index in [1.54, 1.807) is 29.8 Å². The van der Waals surface area contributed by atoms with Crippen molar-refractivity contribution in [2.75, 3.05) is 5.32 Å². The number of amides is 1. The molecule has 1 amide bonds. The molecular weight excluding hydrogens is 355 g/mol. The van der Waals surface area contributed by atoms with Crippen molar-refractivity contribution < 1.29 is 9.18 Å². The van der Waals surface area contributed by atoms with Gasteiger partial charge in [-0.1, -0.05) is 18.2 Å². The highest BCUT2D eigenvalue weighted by Gasteiger charge is 2.15. The van der Waals surface area contributed by atoms with Gasteiger partial charge in [-0.05, 0) is 55.8 Å². The van der Waals surface area contributed by atoms with Crippen LogP contribution >= 0.6 is 0 Å². The molecule has 2 aromatic heterocycles. The molecule has 1 N–H and O–H groups in total. The summed E-state index contributed by atoms with van der Waals surface area (Å²) in [5, 5.41) is 7.83. The minimum Gasteiger partial charge on any atom is -0.340 e. The van der Waals surface area contributed by atoms with E-state index in [0.29, 0.717) is 28.8 Å². The average Bonchev–Trinajstić information content (AvgIpc) is 3.15. The number of hydrogen-bond acceptors (Lipinski definition) is 2. The van der Waals surface area contributed by atoms with Crippen LogP contribution in [0.3, 0.4) is 0 Å². The van der Waals surface area contributed by atoms with Gasteiger partial charge in [-0.15, -0.1) is 0 Å². The first-order valence-electron chi connectivity index (χ1n) is 9.07. The molecule has 28 heavy (non-hydrogen) atoms. The molecule has 0 spiro atoms. The summed E-state index contributed by atoms with van der Waals surface area (Å²) in [5.41, 5.74) is 4.88. The summed E-state index contributed by atoms with van der Waals surface area (Å²) in [6.07, 6.45) is 0. The van der Waals surface area contributed by atoms with E-state index in [1.807, 2.05) is 48.9 Å². The van der Waals surface area contributed by atoms with Gasteiger partial charge >= 0.3 is 0 Å². The molecule has 0 saturated heterocycles. The van der Waals surface area contributed by atoms with E-state index in [2.05, 4.69) is 10.4 Å². The summed E-state index contributed by atoms with van der Waals surface area (Å²) in [7, 11) is 1.76. The lowest BCUT2D eigenvalue weighted by Crippen LogP contribution is -2.15. The standard InChI is InChI=1S/C22H21FN4O/c1-14-10-15(2)27(25-14)13-16-6-4-7-17(11-16)24-22(28)21-12-18-19(23)8-5-9-20(18)26(21)3/h4-12H,13H2,1-3H3,(H,24,28). The van der Waals surface area contributed by atoms with Crippen LogP contribution in [0, 0.1) is 19.7 Å². The zero-order chi connectivity index (χ0) is 19.8. The Labute approximate surface area is 162 Å². The predicted octanol–water partition coefficient (Wildman–Crippen LogP) is 4.43. The number of aryl methyl sites for hydroxylation is 3. The summed E-state index contributed by atoms with van der Waals surface area (Å²) in [5.74, 6) is -0.611. The second-order valence-electron chi connectivity index (χ2n) is 7.00. The molecule has 0 saturated carbocycles. The molecule has 2 heterocycles. The number of aromatic nitrogens is 3. The van der Waals surface area contributed by atoms with E-state index < -0.39 is 0 Å². The van der Waals surface area contributed by atoms with E-state index in [1.165, 1.54) is 6.07 Å². The van der Waals surface area contributed by atoms with Crippen molar-refractivity contribution >= 4 is 22.5 Å². The lowest BCUT2D eigenvalue weighted by molar-refractivity contribution is 0.102. The Kier molecular flexibility index (Phi) is 4.47. The molecule has 0 unspecified atom stereocenters. The number of nitrogens with one attached hydrogen (secondary N) is 1. The van der Waals surface area contributed by atoms with Gasteiger partial charge < -0.3 is 9.88 Å². The number of carbonyl (C=O) groups is 1. The number of hydrogen-bond donors (Lipinski definition) is 1. The van der Waals surface area contributed by atoms with Crippen LogP contribution in [-0.2, 0) is 13.6 Å².